The molecule has 0 spiro atoms. The Morgan fingerprint density at radius 3 is 1.90 bits per heavy atom. The van der Waals surface area contributed by atoms with Gasteiger partial charge in [0.25, 0.3) is 0 Å². The summed E-state index contributed by atoms with van der Waals surface area (Å²) in [5.41, 5.74) is 1.54. The van der Waals surface area contributed by atoms with Crippen molar-refractivity contribution in [2.24, 2.45) is 5.92 Å². The van der Waals surface area contributed by atoms with Crippen LogP contribution in [0.1, 0.15) is 13.8 Å². The van der Waals surface area contributed by atoms with E-state index in [1.54, 1.807) is 9.07 Å². The van der Waals surface area contributed by atoms with Crippen LogP contribution in [0.15, 0.2) is 51.1 Å². The van der Waals surface area contributed by atoms with Crippen LogP contribution in [0.5, 0.6) is 0 Å². The maximum atomic E-state index is 2.49. The SMILES string of the molecule is CC1=[C]([Ti+3])C(C)C=C1[Si](C)(C)c1ccccc1.[Cl-].[Cl-].[Cl-]. The first kappa shape index (κ1) is 22.8. The molecule has 0 aliphatic heterocycles. The second-order valence-electron chi connectivity index (χ2n) is 5.40. The van der Waals surface area contributed by atoms with Gasteiger partial charge in [0.05, 0.1) is 0 Å². The number of hydrogen-bond acceptors (Lipinski definition) is 0. The molecule has 0 nitrogen and oxygen atoms in total. The Bertz CT molecular complexity index is 495. The third kappa shape index (κ3) is 4.25. The molecule has 0 aromatic heterocycles. The zero-order chi connectivity index (χ0) is 12.6. The van der Waals surface area contributed by atoms with Crippen LogP contribution in [0.2, 0.25) is 13.1 Å². The molecule has 0 fully saturated rings. The van der Waals surface area contributed by atoms with Gasteiger partial charge in [0.15, 0.2) is 0 Å². The van der Waals surface area contributed by atoms with Crippen LogP contribution in [0, 0.1) is 5.92 Å². The number of allylic oxidation sites excluding steroid dienone is 4. The standard InChI is InChI=1S/C15H19Si.3ClH.Ti/c1-12-10-13(2)15(11-12)16(3,4)14-8-6-5-7-9-14;;;;/h5-9,11-12H,1-4H3;3*1H;/q;;;;+3/p-3. The minimum absolute atomic E-state index is 0. The zero-order valence-corrected chi connectivity index (χ0v) is 17.0. The fourth-order valence-electron chi connectivity index (χ4n) is 2.63. The van der Waals surface area contributed by atoms with Gasteiger partial charge in [-0.2, -0.15) is 0 Å². The Labute approximate surface area is 154 Å². The Morgan fingerprint density at radius 1 is 1.00 bits per heavy atom. The first-order chi connectivity index (χ1) is 7.94. The van der Waals surface area contributed by atoms with Gasteiger partial charge in [-0.25, -0.2) is 0 Å². The maximum Gasteiger partial charge on any atom is -1.00 e. The van der Waals surface area contributed by atoms with E-state index in [9.17, 15) is 0 Å². The number of hydrogen-bond donors (Lipinski definition) is 0. The number of halogens is 3. The van der Waals surface area contributed by atoms with Crippen LogP contribution in [0.3, 0.4) is 0 Å². The van der Waals surface area contributed by atoms with Gasteiger partial charge in [0.1, 0.15) is 0 Å². The van der Waals surface area contributed by atoms with Gasteiger partial charge in [0, 0.05) is 0 Å². The first-order valence-electron chi connectivity index (χ1n) is 6.15. The topological polar surface area (TPSA) is 0 Å². The Kier molecular flexibility index (Phi) is 10.1. The van der Waals surface area contributed by atoms with Gasteiger partial charge in [-0.3, -0.25) is 0 Å². The molecule has 0 saturated carbocycles. The quantitative estimate of drug-likeness (QED) is 0.449. The van der Waals surface area contributed by atoms with E-state index >= 15 is 0 Å². The molecule has 1 aromatic rings. The van der Waals surface area contributed by atoms with Crippen molar-refractivity contribution >= 4 is 13.3 Å². The fourth-order valence-corrected chi connectivity index (χ4v) is 6.24. The van der Waals surface area contributed by atoms with Crippen LogP contribution in [0.4, 0.5) is 0 Å². The minimum Gasteiger partial charge on any atom is -1.00 e. The summed E-state index contributed by atoms with van der Waals surface area (Å²) >= 11 is 2.28. The van der Waals surface area contributed by atoms with Crippen molar-refractivity contribution in [3.05, 3.63) is 51.1 Å². The molecule has 2 rings (SSSR count). The van der Waals surface area contributed by atoms with Crippen molar-refractivity contribution in [1.82, 2.24) is 0 Å². The predicted octanol–water partition coefficient (Wildman–Crippen LogP) is -5.45. The molecule has 0 radical (unpaired) electrons. The smallest absolute Gasteiger partial charge is 1.00 e. The first-order valence-corrected chi connectivity index (χ1v) is 9.93. The van der Waals surface area contributed by atoms with Crippen molar-refractivity contribution < 1.29 is 57.7 Å². The van der Waals surface area contributed by atoms with Crippen LogP contribution in [-0.4, -0.2) is 8.07 Å². The molecule has 108 valence electrons. The van der Waals surface area contributed by atoms with E-state index in [0.29, 0.717) is 5.92 Å². The van der Waals surface area contributed by atoms with Gasteiger partial charge in [-0.05, 0) is 0 Å². The molecule has 5 heteroatoms. The van der Waals surface area contributed by atoms with E-state index < -0.39 is 8.07 Å². The van der Waals surface area contributed by atoms with Gasteiger partial charge in [-0.15, -0.1) is 0 Å². The summed E-state index contributed by atoms with van der Waals surface area (Å²) in [6.45, 7) is 9.52. The molecule has 20 heavy (non-hydrogen) atoms. The molecular weight excluding hydrogens is 362 g/mol. The Morgan fingerprint density at radius 2 is 1.50 bits per heavy atom. The molecule has 1 aliphatic carbocycles. The summed E-state index contributed by atoms with van der Waals surface area (Å²) in [5.74, 6) is 0.625. The number of rotatable bonds is 2. The molecule has 0 heterocycles. The van der Waals surface area contributed by atoms with E-state index in [1.807, 2.05) is 0 Å². The van der Waals surface area contributed by atoms with Gasteiger partial charge >= 0.3 is 118 Å². The molecular formula is C15H19Cl3SiTi. The minimum atomic E-state index is -1.49. The van der Waals surface area contributed by atoms with E-state index in [0.717, 1.165) is 0 Å². The molecule has 0 saturated heterocycles. The largest absolute Gasteiger partial charge is 1.00 e. The summed E-state index contributed by atoms with van der Waals surface area (Å²) in [4.78, 5) is 0. The van der Waals surface area contributed by atoms with Crippen molar-refractivity contribution in [2.75, 3.05) is 0 Å². The third-order valence-corrected chi connectivity index (χ3v) is 8.81. The molecule has 1 aliphatic rings. The average molecular weight is 382 g/mol. The maximum absolute atomic E-state index is 2.49. The zero-order valence-electron chi connectivity index (χ0n) is 12.2. The molecule has 1 atom stereocenters. The number of benzene rings is 1. The van der Waals surface area contributed by atoms with E-state index in [4.69, 9.17) is 0 Å². The summed E-state index contributed by atoms with van der Waals surface area (Å²) in [7, 11) is -1.49. The van der Waals surface area contributed by atoms with Gasteiger partial charge in [0.2, 0.25) is 0 Å². The average Bonchev–Trinajstić information content (AvgIpc) is 2.59. The second kappa shape index (κ2) is 8.83. The van der Waals surface area contributed by atoms with E-state index in [2.05, 4.69) is 83.8 Å². The molecule has 1 aromatic carbocycles. The second-order valence-corrected chi connectivity index (χ2v) is 10.6. The fraction of sp³-hybridized carbons (Fsp3) is 0.333. The normalized spacial score (nSPS) is 17.7. The Hall–Kier alpha value is 0.501. The third-order valence-electron chi connectivity index (χ3n) is 3.85. The van der Waals surface area contributed by atoms with Crippen LogP contribution >= 0.6 is 0 Å². The van der Waals surface area contributed by atoms with Crippen molar-refractivity contribution in [3.8, 4) is 0 Å². The Balaban J connectivity index is 0. The van der Waals surface area contributed by atoms with Crippen LogP contribution < -0.4 is 42.4 Å². The summed E-state index contributed by atoms with van der Waals surface area (Å²) in [5, 5.41) is 3.17. The monoisotopic (exact) mass is 380 g/mol. The van der Waals surface area contributed by atoms with Gasteiger partial charge in [-0.1, -0.05) is 0 Å². The van der Waals surface area contributed by atoms with Crippen LogP contribution in [0.25, 0.3) is 0 Å². The van der Waals surface area contributed by atoms with Crippen molar-refractivity contribution in [2.45, 2.75) is 26.9 Å². The molecule has 1 unspecified atom stereocenters. The van der Waals surface area contributed by atoms with Gasteiger partial charge < -0.3 is 37.2 Å². The molecule has 0 bridgehead atoms. The van der Waals surface area contributed by atoms with Crippen molar-refractivity contribution in [3.63, 3.8) is 0 Å². The summed E-state index contributed by atoms with van der Waals surface area (Å²) in [6.07, 6.45) is 2.49. The van der Waals surface area contributed by atoms with E-state index in [-0.39, 0.29) is 37.2 Å². The summed E-state index contributed by atoms with van der Waals surface area (Å²) < 4.78 is 1.55. The predicted molar refractivity (Wildman–Crippen MR) is 73.5 cm³/mol. The van der Waals surface area contributed by atoms with E-state index in [1.165, 1.54) is 10.8 Å². The molecule has 0 N–H and O–H groups in total. The van der Waals surface area contributed by atoms with Crippen LogP contribution in [-0.2, 0) is 20.4 Å². The molecule has 0 amide bonds. The van der Waals surface area contributed by atoms with Crippen molar-refractivity contribution in [1.29, 1.82) is 0 Å². The summed E-state index contributed by atoms with van der Waals surface area (Å²) in [6, 6.07) is 11.0.